The van der Waals surface area contributed by atoms with Gasteiger partial charge >= 0.3 is 0 Å². The first kappa shape index (κ1) is 18.2. The van der Waals surface area contributed by atoms with E-state index in [-0.39, 0.29) is 5.91 Å². The molecule has 0 radical (unpaired) electrons. The van der Waals surface area contributed by atoms with E-state index in [4.69, 9.17) is 23.2 Å². The predicted molar refractivity (Wildman–Crippen MR) is 98.0 cm³/mol. The molecule has 0 spiro atoms. The Hall–Kier alpha value is -2.11. The van der Waals surface area contributed by atoms with Gasteiger partial charge in [-0.2, -0.15) is 0 Å². The molecule has 1 amide bonds. The Kier molecular flexibility index (Phi) is 6.58. The molecule has 2 rings (SSSR count). The molecule has 0 aliphatic heterocycles. The first-order chi connectivity index (χ1) is 11.5. The second kappa shape index (κ2) is 8.66. The minimum absolute atomic E-state index is 0.257. The number of amides is 1. The van der Waals surface area contributed by atoms with Gasteiger partial charge in [0, 0.05) is 28.8 Å². The van der Waals surface area contributed by atoms with E-state index in [1.807, 2.05) is 13.0 Å². The van der Waals surface area contributed by atoms with Crippen molar-refractivity contribution < 1.29 is 4.79 Å². The third kappa shape index (κ3) is 5.22. The van der Waals surface area contributed by atoms with Crippen LogP contribution in [0.5, 0.6) is 0 Å². The smallest absolute Gasteiger partial charge is 0.270 e. The summed E-state index contributed by atoms with van der Waals surface area (Å²) in [4.78, 5) is 20.7. The maximum Gasteiger partial charge on any atom is 0.270 e. The first-order valence-corrected chi connectivity index (χ1v) is 8.17. The van der Waals surface area contributed by atoms with Crippen molar-refractivity contribution in [1.29, 1.82) is 0 Å². The summed E-state index contributed by atoms with van der Waals surface area (Å²) in [7, 11) is 0. The van der Waals surface area contributed by atoms with Crippen molar-refractivity contribution in [2.45, 2.75) is 13.3 Å². The molecule has 1 heterocycles. The number of carbonyl (C=O) groups is 1. The fourth-order valence-corrected chi connectivity index (χ4v) is 2.56. The van der Waals surface area contributed by atoms with Gasteiger partial charge in [-0.3, -0.25) is 4.79 Å². The molecule has 0 unspecified atom stereocenters. The van der Waals surface area contributed by atoms with Crippen molar-refractivity contribution in [3.8, 4) is 0 Å². The number of rotatable bonds is 7. The van der Waals surface area contributed by atoms with Crippen LogP contribution in [0.3, 0.4) is 0 Å². The molecule has 0 atom stereocenters. The molecule has 2 aromatic rings. The zero-order chi connectivity index (χ0) is 17.5. The van der Waals surface area contributed by atoms with Crippen molar-refractivity contribution in [3.63, 3.8) is 0 Å². The van der Waals surface area contributed by atoms with Crippen LogP contribution in [0, 0.1) is 6.92 Å². The van der Waals surface area contributed by atoms with E-state index in [9.17, 15) is 4.79 Å². The molecule has 0 bridgehead atoms. The Labute approximate surface area is 151 Å². The van der Waals surface area contributed by atoms with Gasteiger partial charge < -0.3 is 10.6 Å². The molecule has 1 aromatic carbocycles. The molecule has 126 valence electrons. The third-order valence-corrected chi connectivity index (χ3v) is 3.77. The van der Waals surface area contributed by atoms with Crippen LogP contribution in [0.1, 0.15) is 21.7 Å². The third-order valence-electron chi connectivity index (χ3n) is 3.19. The lowest BCUT2D eigenvalue weighted by molar-refractivity contribution is 0.0949. The molecule has 7 heteroatoms. The Morgan fingerprint density at radius 1 is 1.29 bits per heavy atom. The first-order valence-electron chi connectivity index (χ1n) is 7.42. The number of aromatic nitrogens is 2. The van der Waals surface area contributed by atoms with Crippen molar-refractivity contribution in [2.75, 3.05) is 18.4 Å². The second-order valence-electron chi connectivity index (χ2n) is 5.13. The van der Waals surface area contributed by atoms with Crippen LogP contribution in [0.2, 0.25) is 10.0 Å². The normalized spacial score (nSPS) is 10.3. The van der Waals surface area contributed by atoms with Crippen LogP contribution >= 0.6 is 23.2 Å². The molecule has 2 N–H and O–H groups in total. The molecule has 5 nitrogen and oxygen atoms in total. The lowest BCUT2D eigenvalue weighted by atomic mass is 10.1. The van der Waals surface area contributed by atoms with E-state index in [2.05, 4.69) is 27.2 Å². The summed E-state index contributed by atoms with van der Waals surface area (Å²) in [5, 5.41) is 6.98. The fraction of sp³-hybridized carbons (Fsp3) is 0.235. The predicted octanol–water partition coefficient (Wildman–Crippen LogP) is 3.66. The highest BCUT2D eigenvalue weighted by atomic mass is 35.5. The van der Waals surface area contributed by atoms with Gasteiger partial charge in [-0.25, -0.2) is 9.97 Å². The fourth-order valence-electron chi connectivity index (χ4n) is 2.05. The number of anilines is 1. The van der Waals surface area contributed by atoms with E-state index in [1.165, 1.54) is 0 Å². The van der Waals surface area contributed by atoms with Crippen molar-refractivity contribution in [2.24, 2.45) is 0 Å². The van der Waals surface area contributed by atoms with Gasteiger partial charge in [0.15, 0.2) is 0 Å². The Morgan fingerprint density at radius 2 is 2.08 bits per heavy atom. The van der Waals surface area contributed by atoms with Gasteiger partial charge in [0.2, 0.25) is 5.95 Å². The van der Waals surface area contributed by atoms with Crippen LogP contribution in [0.25, 0.3) is 0 Å². The molecule has 0 saturated heterocycles. The second-order valence-corrected chi connectivity index (χ2v) is 5.97. The van der Waals surface area contributed by atoms with Crippen molar-refractivity contribution >= 4 is 35.1 Å². The number of hydrogen-bond acceptors (Lipinski definition) is 4. The highest BCUT2D eigenvalue weighted by Gasteiger charge is 2.10. The van der Waals surface area contributed by atoms with Crippen LogP contribution in [-0.4, -0.2) is 29.0 Å². The zero-order valence-electron chi connectivity index (χ0n) is 13.3. The minimum atomic E-state index is -0.257. The number of hydrogen-bond donors (Lipinski definition) is 2. The standard InChI is InChI=1S/C17H18Cl2N4O/c1-3-7-21-17-22-11(2)9-15(23-17)16(24)20-8-6-12-4-5-13(18)10-14(12)19/h3-5,9-10H,1,6-8H2,2H3,(H,20,24)(H,21,22,23). The number of nitrogens with one attached hydrogen (secondary N) is 2. The van der Waals surface area contributed by atoms with Gasteiger partial charge in [0.05, 0.1) is 0 Å². The quantitative estimate of drug-likeness (QED) is 0.735. The summed E-state index contributed by atoms with van der Waals surface area (Å²) in [6, 6.07) is 6.95. The molecular weight excluding hydrogens is 347 g/mol. The SMILES string of the molecule is C=CCNc1nc(C)cc(C(=O)NCCc2ccc(Cl)cc2Cl)n1. The number of benzene rings is 1. The number of halogens is 2. The maximum atomic E-state index is 12.2. The molecule has 1 aromatic heterocycles. The molecule has 0 aliphatic carbocycles. The monoisotopic (exact) mass is 364 g/mol. The number of carbonyl (C=O) groups excluding carboxylic acids is 1. The summed E-state index contributed by atoms with van der Waals surface area (Å²) < 4.78 is 0. The maximum absolute atomic E-state index is 12.2. The zero-order valence-corrected chi connectivity index (χ0v) is 14.8. The Balaban J connectivity index is 1.96. The summed E-state index contributed by atoms with van der Waals surface area (Å²) in [6.07, 6.45) is 2.30. The summed E-state index contributed by atoms with van der Waals surface area (Å²) in [5.41, 5.74) is 1.95. The average molecular weight is 365 g/mol. The van der Waals surface area contributed by atoms with E-state index >= 15 is 0 Å². The lowest BCUT2D eigenvalue weighted by Gasteiger charge is -2.09. The summed E-state index contributed by atoms with van der Waals surface area (Å²) in [5.74, 6) is 0.146. The van der Waals surface area contributed by atoms with E-state index < -0.39 is 0 Å². The topological polar surface area (TPSA) is 66.9 Å². The molecule has 0 fully saturated rings. The van der Waals surface area contributed by atoms with Gasteiger partial charge in [-0.05, 0) is 37.1 Å². The van der Waals surface area contributed by atoms with E-state index in [0.717, 1.165) is 5.56 Å². The van der Waals surface area contributed by atoms with Crippen LogP contribution in [-0.2, 0) is 6.42 Å². The summed E-state index contributed by atoms with van der Waals surface area (Å²) >= 11 is 12.0. The van der Waals surface area contributed by atoms with Crippen LogP contribution in [0.4, 0.5) is 5.95 Å². The van der Waals surface area contributed by atoms with Gasteiger partial charge in [0.1, 0.15) is 5.69 Å². The van der Waals surface area contributed by atoms with Crippen LogP contribution in [0.15, 0.2) is 36.9 Å². The number of nitrogens with zero attached hydrogens (tertiary/aromatic N) is 2. The minimum Gasteiger partial charge on any atom is -0.351 e. The van der Waals surface area contributed by atoms with Gasteiger partial charge in [0.25, 0.3) is 5.91 Å². The van der Waals surface area contributed by atoms with E-state index in [0.29, 0.717) is 46.9 Å². The largest absolute Gasteiger partial charge is 0.351 e. The Bertz CT molecular complexity index is 749. The molecular formula is C17H18Cl2N4O. The molecule has 24 heavy (non-hydrogen) atoms. The van der Waals surface area contributed by atoms with Gasteiger partial charge in [-0.15, -0.1) is 6.58 Å². The number of aryl methyl sites for hydroxylation is 1. The van der Waals surface area contributed by atoms with Crippen molar-refractivity contribution in [3.05, 3.63) is 63.9 Å². The highest BCUT2D eigenvalue weighted by Crippen LogP contribution is 2.21. The Morgan fingerprint density at radius 3 is 2.79 bits per heavy atom. The van der Waals surface area contributed by atoms with Crippen LogP contribution < -0.4 is 10.6 Å². The van der Waals surface area contributed by atoms with Crippen molar-refractivity contribution in [1.82, 2.24) is 15.3 Å². The highest BCUT2D eigenvalue weighted by molar-refractivity contribution is 6.35. The average Bonchev–Trinajstić information content (AvgIpc) is 2.54. The summed E-state index contributed by atoms with van der Waals surface area (Å²) in [6.45, 7) is 6.40. The van der Waals surface area contributed by atoms with E-state index in [1.54, 1.807) is 24.3 Å². The molecule has 0 aliphatic rings. The lowest BCUT2D eigenvalue weighted by Crippen LogP contribution is -2.27. The molecule has 0 saturated carbocycles. The van der Waals surface area contributed by atoms with Gasteiger partial charge in [-0.1, -0.05) is 35.3 Å².